The lowest BCUT2D eigenvalue weighted by Crippen LogP contribution is -2.02. The van der Waals surface area contributed by atoms with Crippen molar-refractivity contribution in [3.8, 4) is 0 Å². The zero-order valence-electron chi connectivity index (χ0n) is 9.19. The van der Waals surface area contributed by atoms with Crippen LogP contribution in [0.15, 0.2) is 18.2 Å². The Morgan fingerprint density at radius 2 is 2.12 bits per heavy atom. The third-order valence-corrected chi connectivity index (χ3v) is 2.91. The maximum absolute atomic E-state index is 5.91. The van der Waals surface area contributed by atoms with Gasteiger partial charge in [0, 0.05) is 6.54 Å². The van der Waals surface area contributed by atoms with Gasteiger partial charge in [0.15, 0.2) is 0 Å². The van der Waals surface area contributed by atoms with E-state index in [4.69, 9.17) is 23.2 Å². The molecule has 17 heavy (non-hydrogen) atoms. The van der Waals surface area contributed by atoms with Gasteiger partial charge in [-0.25, -0.2) is 0 Å². The van der Waals surface area contributed by atoms with Crippen LogP contribution >= 0.6 is 23.2 Å². The summed E-state index contributed by atoms with van der Waals surface area (Å²) in [6.07, 6.45) is 0. The molecule has 2 rings (SSSR count). The van der Waals surface area contributed by atoms with Crippen LogP contribution in [-0.4, -0.2) is 20.2 Å². The van der Waals surface area contributed by atoms with E-state index in [2.05, 4.69) is 20.7 Å². The van der Waals surface area contributed by atoms with Crippen LogP contribution in [-0.2, 0) is 13.1 Å². The number of tetrazole rings is 1. The van der Waals surface area contributed by atoms with Gasteiger partial charge in [0.2, 0.25) is 0 Å². The molecular weight excluding hydrogens is 261 g/mol. The van der Waals surface area contributed by atoms with Crippen LogP contribution in [0.5, 0.6) is 0 Å². The number of aryl methyl sites for hydroxylation is 1. The van der Waals surface area contributed by atoms with Gasteiger partial charge in [0.1, 0.15) is 0 Å². The quantitative estimate of drug-likeness (QED) is 0.929. The number of nitrogens with zero attached hydrogens (tertiary/aromatic N) is 4. The second-order valence-electron chi connectivity index (χ2n) is 3.40. The van der Waals surface area contributed by atoms with Gasteiger partial charge >= 0.3 is 0 Å². The van der Waals surface area contributed by atoms with Gasteiger partial charge in [-0.15, -0.1) is 5.10 Å². The topological polar surface area (TPSA) is 55.6 Å². The zero-order valence-corrected chi connectivity index (χ0v) is 10.7. The summed E-state index contributed by atoms with van der Waals surface area (Å²) in [5.74, 6) is 0.498. The molecule has 0 amide bonds. The van der Waals surface area contributed by atoms with Crippen molar-refractivity contribution in [1.29, 1.82) is 0 Å². The third kappa shape index (κ3) is 3.08. The SMILES string of the molecule is CCn1nnc(NCc2ccc(Cl)c(Cl)c2)n1. The summed E-state index contributed by atoms with van der Waals surface area (Å²) >= 11 is 11.7. The van der Waals surface area contributed by atoms with Gasteiger partial charge in [-0.2, -0.15) is 4.80 Å². The Morgan fingerprint density at radius 1 is 1.29 bits per heavy atom. The first-order valence-corrected chi connectivity index (χ1v) is 5.90. The van der Waals surface area contributed by atoms with Crippen LogP contribution in [0.3, 0.4) is 0 Å². The lowest BCUT2D eigenvalue weighted by Gasteiger charge is -2.03. The summed E-state index contributed by atoms with van der Waals surface area (Å²) < 4.78 is 0. The number of hydrogen-bond donors (Lipinski definition) is 1. The average molecular weight is 272 g/mol. The minimum atomic E-state index is 0.498. The summed E-state index contributed by atoms with van der Waals surface area (Å²) in [7, 11) is 0. The van der Waals surface area contributed by atoms with E-state index in [9.17, 15) is 0 Å². The average Bonchev–Trinajstić information content (AvgIpc) is 2.79. The number of benzene rings is 1. The molecule has 0 radical (unpaired) electrons. The molecule has 0 atom stereocenters. The first-order chi connectivity index (χ1) is 8.19. The van der Waals surface area contributed by atoms with E-state index in [1.807, 2.05) is 13.0 Å². The maximum Gasteiger partial charge on any atom is 0.263 e. The van der Waals surface area contributed by atoms with Crippen molar-refractivity contribution in [2.75, 3.05) is 5.32 Å². The fourth-order valence-electron chi connectivity index (χ4n) is 1.28. The molecule has 0 unspecified atom stereocenters. The molecule has 0 aliphatic heterocycles. The highest BCUT2D eigenvalue weighted by Gasteiger charge is 2.02. The second kappa shape index (κ2) is 5.33. The lowest BCUT2D eigenvalue weighted by atomic mass is 10.2. The molecule has 0 spiro atoms. The van der Waals surface area contributed by atoms with Gasteiger partial charge in [-0.05, 0) is 29.8 Å². The Kier molecular flexibility index (Phi) is 3.81. The molecule has 0 bridgehead atoms. The minimum Gasteiger partial charge on any atom is -0.348 e. The molecule has 1 aromatic carbocycles. The molecule has 0 fully saturated rings. The smallest absolute Gasteiger partial charge is 0.263 e. The van der Waals surface area contributed by atoms with Crippen molar-refractivity contribution < 1.29 is 0 Å². The van der Waals surface area contributed by atoms with Crippen molar-refractivity contribution in [1.82, 2.24) is 20.2 Å². The molecule has 0 saturated heterocycles. The third-order valence-electron chi connectivity index (χ3n) is 2.17. The fraction of sp³-hybridized carbons (Fsp3) is 0.300. The van der Waals surface area contributed by atoms with E-state index < -0.39 is 0 Å². The van der Waals surface area contributed by atoms with E-state index in [0.29, 0.717) is 29.1 Å². The molecule has 1 N–H and O–H groups in total. The highest BCUT2D eigenvalue weighted by Crippen LogP contribution is 2.22. The molecule has 2 aromatic rings. The van der Waals surface area contributed by atoms with E-state index in [1.54, 1.807) is 12.1 Å². The van der Waals surface area contributed by atoms with Crippen LogP contribution in [0, 0.1) is 0 Å². The molecule has 1 aromatic heterocycles. The normalized spacial score (nSPS) is 10.5. The molecule has 5 nitrogen and oxygen atoms in total. The predicted molar refractivity (Wildman–Crippen MR) is 67.3 cm³/mol. The zero-order chi connectivity index (χ0) is 12.3. The van der Waals surface area contributed by atoms with Crippen LogP contribution in [0.4, 0.5) is 5.95 Å². The molecule has 7 heteroatoms. The Labute approximate surface area is 109 Å². The number of halogens is 2. The summed E-state index contributed by atoms with van der Waals surface area (Å²) in [6, 6.07) is 5.46. The Hall–Kier alpha value is -1.33. The summed E-state index contributed by atoms with van der Waals surface area (Å²) in [4.78, 5) is 1.51. The summed E-state index contributed by atoms with van der Waals surface area (Å²) in [6.45, 7) is 3.22. The number of rotatable bonds is 4. The minimum absolute atomic E-state index is 0.498. The van der Waals surface area contributed by atoms with Crippen molar-refractivity contribution in [3.63, 3.8) is 0 Å². The van der Waals surface area contributed by atoms with Gasteiger partial charge in [0.25, 0.3) is 5.95 Å². The molecule has 1 heterocycles. The second-order valence-corrected chi connectivity index (χ2v) is 4.22. The van der Waals surface area contributed by atoms with E-state index in [0.717, 1.165) is 5.56 Å². The molecule has 0 aliphatic rings. The van der Waals surface area contributed by atoms with Gasteiger partial charge in [-0.1, -0.05) is 34.4 Å². The molecule has 0 aliphatic carbocycles. The van der Waals surface area contributed by atoms with Crippen LogP contribution in [0.1, 0.15) is 12.5 Å². The van der Waals surface area contributed by atoms with E-state index in [1.165, 1.54) is 4.80 Å². The highest BCUT2D eigenvalue weighted by molar-refractivity contribution is 6.42. The Bertz CT molecular complexity index is 511. The number of aromatic nitrogens is 4. The van der Waals surface area contributed by atoms with Gasteiger partial charge in [0.05, 0.1) is 16.6 Å². The van der Waals surface area contributed by atoms with Crippen molar-refractivity contribution in [3.05, 3.63) is 33.8 Å². The fourth-order valence-corrected chi connectivity index (χ4v) is 1.60. The largest absolute Gasteiger partial charge is 0.348 e. The Morgan fingerprint density at radius 3 is 2.76 bits per heavy atom. The molecule has 90 valence electrons. The van der Waals surface area contributed by atoms with Crippen LogP contribution < -0.4 is 5.32 Å². The van der Waals surface area contributed by atoms with Crippen LogP contribution in [0.2, 0.25) is 10.0 Å². The summed E-state index contributed by atoms with van der Waals surface area (Å²) in [5, 5.41) is 15.9. The first kappa shape index (κ1) is 12.1. The van der Waals surface area contributed by atoms with Gasteiger partial charge < -0.3 is 5.32 Å². The Balaban J connectivity index is 1.99. The molecular formula is C10H11Cl2N5. The van der Waals surface area contributed by atoms with Gasteiger partial charge in [-0.3, -0.25) is 0 Å². The van der Waals surface area contributed by atoms with Crippen LogP contribution in [0.25, 0.3) is 0 Å². The first-order valence-electron chi connectivity index (χ1n) is 5.14. The number of nitrogens with one attached hydrogen (secondary N) is 1. The summed E-state index contributed by atoms with van der Waals surface area (Å²) in [5.41, 5.74) is 1.01. The maximum atomic E-state index is 5.91. The van der Waals surface area contributed by atoms with E-state index in [-0.39, 0.29) is 0 Å². The lowest BCUT2D eigenvalue weighted by molar-refractivity contribution is 0.552. The number of anilines is 1. The number of hydrogen-bond acceptors (Lipinski definition) is 4. The van der Waals surface area contributed by atoms with Crippen molar-refractivity contribution >= 4 is 29.2 Å². The predicted octanol–water partition coefficient (Wildman–Crippen LogP) is 2.61. The monoisotopic (exact) mass is 271 g/mol. The highest BCUT2D eigenvalue weighted by atomic mass is 35.5. The standard InChI is InChI=1S/C10H11Cl2N5/c1-2-17-15-10(14-16-17)13-6-7-3-4-8(11)9(12)5-7/h3-5H,2,6H2,1H3,(H,13,15). The van der Waals surface area contributed by atoms with Crippen molar-refractivity contribution in [2.24, 2.45) is 0 Å². The van der Waals surface area contributed by atoms with Crippen molar-refractivity contribution in [2.45, 2.75) is 20.0 Å². The molecule has 0 saturated carbocycles. The van der Waals surface area contributed by atoms with E-state index >= 15 is 0 Å².